The summed E-state index contributed by atoms with van der Waals surface area (Å²) in [7, 11) is 0. The molecule has 0 saturated heterocycles. The minimum Gasteiger partial charge on any atom is -0.354 e. The van der Waals surface area contributed by atoms with E-state index < -0.39 is 0 Å². The van der Waals surface area contributed by atoms with Crippen molar-refractivity contribution in [1.82, 2.24) is 15.0 Å². The first-order valence-electron chi connectivity index (χ1n) is 9.05. The lowest BCUT2D eigenvalue weighted by molar-refractivity contribution is 0.580. The Bertz CT molecular complexity index is 391. The molecule has 23 heavy (non-hydrogen) atoms. The van der Waals surface area contributed by atoms with Gasteiger partial charge in [0.05, 0.1) is 0 Å². The van der Waals surface area contributed by atoms with Gasteiger partial charge < -0.3 is 5.32 Å². The van der Waals surface area contributed by atoms with Crippen molar-refractivity contribution < 1.29 is 0 Å². The fraction of sp³-hybridized carbons (Fsp3) is 0.824. The Morgan fingerprint density at radius 2 is 1.22 bits per heavy atom. The van der Waals surface area contributed by atoms with Gasteiger partial charge in [0.2, 0.25) is 5.95 Å². The monoisotopic (exact) mass is 356 g/mol. The van der Waals surface area contributed by atoms with Gasteiger partial charge in [0, 0.05) is 6.54 Å². The van der Waals surface area contributed by atoms with Crippen LogP contribution in [-0.2, 0) is 0 Å². The van der Waals surface area contributed by atoms with Crippen LogP contribution >= 0.6 is 23.5 Å². The van der Waals surface area contributed by atoms with Crippen LogP contribution in [0.3, 0.4) is 0 Å². The van der Waals surface area contributed by atoms with Crippen LogP contribution in [0.25, 0.3) is 0 Å². The van der Waals surface area contributed by atoms with Gasteiger partial charge in [0.15, 0.2) is 10.3 Å². The lowest BCUT2D eigenvalue weighted by atomic mass is 10.1. The first-order chi connectivity index (χ1) is 11.3. The van der Waals surface area contributed by atoms with Crippen molar-refractivity contribution in [2.75, 3.05) is 23.4 Å². The molecule has 1 N–H and O–H groups in total. The third kappa shape index (κ3) is 10.1. The van der Waals surface area contributed by atoms with E-state index >= 15 is 0 Å². The number of anilines is 1. The zero-order valence-electron chi connectivity index (χ0n) is 14.9. The van der Waals surface area contributed by atoms with E-state index in [4.69, 9.17) is 0 Å². The van der Waals surface area contributed by atoms with E-state index in [0.717, 1.165) is 34.3 Å². The van der Waals surface area contributed by atoms with Crippen LogP contribution in [0.1, 0.15) is 72.1 Å². The minimum atomic E-state index is 0.731. The van der Waals surface area contributed by atoms with E-state index in [-0.39, 0.29) is 0 Å². The van der Waals surface area contributed by atoms with Crippen molar-refractivity contribution in [2.45, 2.75) is 82.5 Å². The highest BCUT2D eigenvalue weighted by Crippen LogP contribution is 2.19. The summed E-state index contributed by atoms with van der Waals surface area (Å²) < 4.78 is 0. The molecule has 0 aliphatic heterocycles. The Hall–Kier alpha value is -0.490. The summed E-state index contributed by atoms with van der Waals surface area (Å²) in [6.07, 6.45) is 10.7. The molecule has 0 unspecified atom stereocenters. The molecule has 0 saturated carbocycles. The third-order valence-corrected chi connectivity index (χ3v) is 4.91. The predicted molar refractivity (Wildman–Crippen MR) is 104 cm³/mol. The lowest BCUT2D eigenvalue weighted by Gasteiger charge is -2.08. The third-order valence-electron chi connectivity index (χ3n) is 3.45. The number of thioether (sulfide) groups is 2. The average molecular weight is 357 g/mol. The van der Waals surface area contributed by atoms with Gasteiger partial charge in [-0.25, -0.2) is 0 Å². The molecule has 0 spiro atoms. The van der Waals surface area contributed by atoms with E-state index in [9.17, 15) is 0 Å². The van der Waals surface area contributed by atoms with E-state index in [1.165, 1.54) is 51.4 Å². The summed E-state index contributed by atoms with van der Waals surface area (Å²) in [5.41, 5.74) is 0. The molecule has 0 aliphatic carbocycles. The van der Waals surface area contributed by atoms with Crippen molar-refractivity contribution in [3.63, 3.8) is 0 Å². The summed E-state index contributed by atoms with van der Waals surface area (Å²) in [6.45, 7) is 7.45. The molecular weight excluding hydrogens is 324 g/mol. The quantitative estimate of drug-likeness (QED) is 0.343. The van der Waals surface area contributed by atoms with Crippen molar-refractivity contribution in [3.8, 4) is 0 Å². The Morgan fingerprint density at radius 3 is 1.74 bits per heavy atom. The van der Waals surface area contributed by atoms with E-state index in [0.29, 0.717) is 0 Å². The summed E-state index contributed by atoms with van der Waals surface area (Å²) in [5.74, 6) is 2.70. The molecule has 0 amide bonds. The van der Waals surface area contributed by atoms with Gasteiger partial charge in [-0.1, -0.05) is 89.2 Å². The number of aromatic nitrogens is 3. The van der Waals surface area contributed by atoms with E-state index in [1.807, 2.05) is 0 Å². The molecule has 4 nitrogen and oxygen atoms in total. The van der Waals surface area contributed by atoms with Crippen LogP contribution < -0.4 is 5.32 Å². The van der Waals surface area contributed by atoms with Crippen LogP contribution in [0.2, 0.25) is 0 Å². The standard InChI is InChI=1S/C17H32N4S2/c1-4-7-8-9-10-11-12-13-14-18-15-19-16(22-5-2)21-17(20-15)23-6-3/h4-14H2,1-3H3,(H,18,19,20,21). The van der Waals surface area contributed by atoms with Crippen molar-refractivity contribution in [2.24, 2.45) is 0 Å². The molecule has 0 radical (unpaired) electrons. The highest BCUT2D eigenvalue weighted by Gasteiger charge is 2.06. The number of nitrogens with zero attached hydrogens (tertiary/aromatic N) is 3. The van der Waals surface area contributed by atoms with Crippen LogP contribution in [0.4, 0.5) is 5.95 Å². The highest BCUT2D eigenvalue weighted by molar-refractivity contribution is 7.99. The van der Waals surface area contributed by atoms with Crippen molar-refractivity contribution >= 4 is 29.5 Å². The largest absolute Gasteiger partial charge is 0.354 e. The van der Waals surface area contributed by atoms with Crippen LogP contribution in [-0.4, -0.2) is 33.0 Å². The maximum atomic E-state index is 4.49. The fourth-order valence-electron chi connectivity index (χ4n) is 2.26. The molecule has 132 valence electrons. The zero-order valence-corrected chi connectivity index (χ0v) is 16.6. The van der Waals surface area contributed by atoms with Gasteiger partial charge in [-0.15, -0.1) is 0 Å². The Morgan fingerprint density at radius 1 is 0.696 bits per heavy atom. The molecule has 1 rings (SSSR count). The van der Waals surface area contributed by atoms with Gasteiger partial charge in [0.1, 0.15) is 0 Å². The van der Waals surface area contributed by atoms with E-state index in [1.54, 1.807) is 23.5 Å². The second-order valence-corrected chi connectivity index (χ2v) is 7.95. The topological polar surface area (TPSA) is 50.7 Å². The fourth-order valence-corrected chi connectivity index (χ4v) is 3.44. The summed E-state index contributed by atoms with van der Waals surface area (Å²) >= 11 is 3.34. The summed E-state index contributed by atoms with van der Waals surface area (Å²) in [5, 5.41) is 5.03. The predicted octanol–water partition coefficient (Wildman–Crippen LogP) is 5.65. The van der Waals surface area contributed by atoms with Crippen LogP contribution in [0.15, 0.2) is 10.3 Å². The second kappa shape index (κ2) is 13.9. The molecule has 1 aromatic rings. The van der Waals surface area contributed by atoms with Crippen LogP contribution in [0, 0.1) is 0 Å². The van der Waals surface area contributed by atoms with Gasteiger partial charge >= 0.3 is 0 Å². The van der Waals surface area contributed by atoms with Gasteiger partial charge in [-0.3, -0.25) is 0 Å². The second-order valence-electron chi connectivity index (χ2n) is 5.49. The molecule has 1 aromatic heterocycles. The molecule has 0 aliphatic rings. The number of hydrogen-bond donors (Lipinski definition) is 1. The summed E-state index contributed by atoms with van der Waals surface area (Å²) in [6, 6.07) is 0. The SMILES string of the molecule is CCCCCCCCCCNc1nc(SCC)nc(SCC)n1. The van der Waals surface area contributed by atoms with E-state index in [2.05, 4.69) is 41.0 Å². The maximum Gasteiger partial charge on any atom is 0.227 e. The minimum absolute atomic E-state index is 0.731. The molecule has 6 heteroatoms. The average Bonchev–Trinajstić information content (AvgIpc) is 2.54. The molecule has 1 heterocycles. The maximum absolute atomic E-state index is 4.49. The lowest BCUT2D eigenvalue weighted by Crippen LogP contribution is -2.08. The number of nitrogens with one attached hydrogen (secondary N) is 1. The molecule has 0 atom stereocenters. The molecule has 0 fully saturated rings. The normalized spacial score (nSPS) is 10.9. The van der Waals surface area contributed by atoms with Crippen molar-refractivity contribution in [1.29, 1.82) is 0 Å². The first-order valence-corrected chi connectivity index (χ1v) is 11.0. The zero-order chi connectivity index (χ0) is 16.8. The Labute approximate surface area is 150 Å². The van der Waals surface area contributed by atoms with Crippen molar-refractivity contribution in [3.05, 3.63) is 0 Å². The smallest absolute Gasteiger partial charge is 0.227 e. The highest BCUT2D eigenvalue weighted by atomic mass is 32.2. The van der Waals surface area contributed by atoms with Gasteiger partial charge in [-0.05, 0) is 17.9 Å². The Kier molecular flexibility index (Phi) is 12.4. The molecular formula is C17H32N4S2. The number of unbranched alkanes of at least 4 members (excludes halogenated alkanes) is 7. The van der Waals surface area contributed by atoms with Crippen LogP contribution in [0.5, 0.6) is 0 Å². The Balaban J connectivity index is 2.25. The number of rotatable bonds is 14. The van der Waals surface area contributed by atoms with Gasteiger partial charge in [-0.2, -0.15) is 15.0 Å². The summed E-state index contributed by atoms with van der Waals surface area (Å²) in [4.78, 5) is 13.4. The first kappa shape index (κ1) is 20.6. The molecule has 0 bridgehead atoms. The number of hydrogen-bond acceptors (Lipinski definition) is 6. The van der Waals surface area contributed by atoms with Gasteiger partial charge in [0.25, 0.3) is 0 Å². The molecule has 0 aromatic carbocycles.